The highest BCUT2D eigenvalue weighted by Crippen LogP contribution is 2.16. The van der Waals surface area contributed by atoms with Gasteiger partial charge in [-0.05, 0) is 47.9 Å². The Labute approximate surface area is 203 Å². The van der Waals surface area contributed by atoms with Crippen LogP contribution in [0.25, 0.3) is 0 Å². The van der Waals surface area contributed by atoms with Crippen molar-refractivity contribution < 1.29 is 27.1 Å². The summed E-state index contributed by atoms with van der Waals surface area (Å²) in [6, 6.07) is 19.5. The zero-order valence-corrected chi connectivity index (χ0v) is 20.0. The lowest BCUT2D eigenvalue weighted by Crippen LogP contribution is -2.54. The molecule has 3 N–H and O–H groups in total. The molecule has 0 aromatic heterocycles. The van der Waals surface area contributed by atoms with Gasteiger partial charge in [-0.15, -0.1) is 0 Å². The number of ether oxygens (including phenoxy) is 1. The van der Waals surface area contributed by atoms with Gasteiger partial charge in [0, 0.05) is 5.56 Å². The molecule has 10 heteroatoms. The summed E-state index contributed by atoms with van der Waals surface area (Å²) in [7, 11) is -4.31. The van der Waals surface area contributed by atoms with Crippen LogP contribution in [-0.4, -0.2) is 26.3 Å². The predicted octanol–water partition coefficient (Wildman–Crippen LogP) is 3.17. The number of hydrogen-bond donors (Lipinski definition) is 3. The predicted molar refractivity (Wildman–Crippen MR) is 128 cm³/mol. The molecule has 1 atom stereocenters. The molecule has 3 aromatic rings. The summed E-state index contributed by atoms with van der Waals surface area (Å²) >= 11 is 0. The van der Waals surface area contributed by atoms with Crippen LogP contribution in [0, 0.1) is 11.7 Å². The number of sulfonamides is 1. The fourth-order valence-corrected chi connectivity index (χ4v) is 4.51. The lowest BCUT2D eigenvalue weighted by Gasteiger charge is -2.22. The van der Waals surface area contributed by atoms with Crippen molar-refractivity contribution in [3.8, 4) is 5.75 Å². The molecular formula is C25H26FN3O5S. The van der Waals surface area contributed by atoms with Crippen LogP contribution in [0.3, 0.4) is 0 Å². The van der Waals surface area contributed by atoms with E-state index in [1.165, 1.54) is 12.1 Å². The van der Waals surface area contributed by atoms with Crippen LogP contribution in [0.1, 0.15) is 29.8 Å². The van der Waals surface area contributed by atoms with Crippen LogP contribution >= 0.6 is 0 Å². The first-order valence-electron chi connectivity index (χ1n) is 10.8. The normalized spacial score (nSPS) is 12.1. The summed E-state index contributed by atoms with van der Waals surface area (Å²) in [6.45, 7) is 3.55. The molecule has 8 nitrogen and oxygen atoms in total. The van der Waals surface area contributed by atoms with Gasteiger partial charge in [0.2, 0.25) is 10.0 Å². The van der Waals surface area contributed by atoms with Crippen molar-refractivity contribution in [3.63, 3.8) is 0 Å². The summed E-state index contributed by atoms with van der Waals surface area (Å²) in [5.74, 6) is -2.08. The first-order valence-corrected chi connectivity index (χ1v) is 12.3. The summed E-state index contributed by atoms with van der Waals surface area (Å²) in [5.41, 5.74) is 5.62. The standard InChI is InChI=1S/C25H26FN3O5S/c1-17(2)23(29-35(32,33)22-11-7-6-10-21(22)26)25(31)28-27-24(30)19-14-12-18(13-15-19)16-34-20-8-4-3-5-9-20/h3-15,17,23,29H,16H2,1-2H3,(H,27,30)(H,28,31). The Kier molecular flexibility index (Phi) is 8.56. The van der Waals surface area contributed by atoms with Gasteiger partial charge in [-0.3, -0.25) is 20.4 Å². The Bertz CT molecular complexity index is 1270. The molecular weight excluding hydrogens is 473 g/mol. The van der Waals surface area contributed by atoms with Crippen LogP contribution in [-0.2, 0) is 21.4 Å². The highest BCUT2D eigenvalue weighted by molar-refractivity contribution is 7.89. The van der Waals surface area contributed by atoms with Gasteiger partial charge >= 0.3 is 0 Å². The van der Waals surface area contributed by atoms with Gasteiger partial charge in [-0.2, -0.15) is 4.72 Å². The van der Waals surface area contributed by atoms with Crippen molar-refractivity contribution in [2.45, 2.75) is 31.4 Å². The van der Waals surface area contributed by atoms with Crippen molar-refractivity contribution in [1.29, 1.82) is 0 Å². The van der Waals surface area contributed by atoms with E-state index in [4.69, 9.17) is 4.74 Å². The third kappa shape index (κ3) is 7.11. The summed E-state index contributed by atoms with van der Waals surface area (Å²) in [6.07, 6.45) is 0. The minimum absolute atomic E-state index is 0.279. The van der Waals surface area contributed by atoms with Gasteiger partial charge in [-0.25, -0.2) is 12.8 Å². The second kappa shape index (κ2) is 11.6. The van der Waals surface area contributed by atoms with E-state index in [0.717, 1.165) is 23.4 Å². The van der Waals surface area contributed by atoms with Gasteiger partial charge in [0.05, 0.1) is 0 Å². The van der Waals surface area contributed by atoms with Crippen LogP contribution in [0.4, 0.5) is 4.39 Å². The molecule has 0 saturated carbocycles. The number of carbonyl (C=O) groups is 2. The van der Waals surface area contributed by atoms with Gasteiger partial charge in [0.1, 0.15) is 29.1 Å². The van der Waals surface area contributed by atoms with Crippen molar-refractivity contribution >= 4 is 21.8 Å². The molecule has 3 aromatic carbocycles. The maximum atomic E-state index is 14.0. The molecule has 0 aliphatic rings. The van der Waals surface area contributed by atoms with E-state index in [9.17, 15) is 22.4 Å². The van der Waals surface area contributed by atoms with Crippen LogP contribution < -0.4 is 20.3 Å². The molecule has 35 heavy (non-hydrogen) atoms. The first kappa shape index (κ1) is 25.9. The van der Waals surface area contributed by atoms with Crippen LogP contribution in [0.5, 0.6) is 5.75 Å². The monoisotopic (exact) mass is 499 g/mol. The Hall–Kier alpha value is -3.76. The molecule has 0 aliphatic carbocycles. The maximum Gasteiger partial charge on any atom is 0.269 e. The molecule has 1 unspecified atom stereocenters. The minimum Gasteiger partial charge on any atom is -0.489 e. The van der Waals surface area contributed by atoms with Crippen molar-refractivity contribution in [2.75, 3.05) is 0 Å². The second-order valence-corrected chi connectivity index (χ2v) is 9.70. The number of carbonyl (C=O) groups excluding carboxylic acids is 2. The fourth-order valence-electron chi connectivity index (χ4n) is 3.09. The summed E-state index contributed by atoms with van der Waals surface area (Å²) in [4.78, 5) is 24.5. The Morgan fingerprint density at radius 3 is 2.14 bits per heavy atom. The van der Waals surface area contributed by atoms with E-state index in [-0.39, 0.29) is 5.56 Å². The molecule has 0 aliphatic heterocycles. The Balaban J connectivity index is 1.57. The summed E-state index contributed by atoms with van der Waals surface area (Å²) < 4.78 is 47.0. The number of halogens is 1. The third-order valence-corrected chi connectivity index (χ3v) is 6.50. The molecule has 0 spiro atoms. The highest BCUT2D eigenvalue weighted by Gasteiger charge is 2.30. The average Bonchev–Trinajstić information content (AvgIpc) is 2.85. The van der Waals surface area contributed by atoms with Crippen LogP contribution in [0.2, 0.25) is 0 Å². The molecule has 0 fully saturated rings. The number of nitrogens with one attached hydrogen (secondary N) is 3. The number of benzene rings is 3. The molecule has 2 amide bonds. The SMILES string of the molecule is CC(C)C(NS(=O)(=O)c1ccccc1F)C(=O)NNC(=O)c1ccc(COc2ccccc2)cc1. The maximum absolute atomic E-state index is 14.0. The quantitative estimate of drug-likeness (QED) is 0.392. The van der Waals surface area contributed by atoms with E-state index >= 15 is 0 Å². The van der Waals surface area contributed by atoms with E-state index in [1.54, 1.807) is 38.1 Å². The minimum atomic E-state index is -4.31. The van der Waals surface area contributed by atoms with E-state index in [0.29, 0.717) is 6.61 Å². The number of hydrogen-bond acceptors (Lipinski definition) is 5. The largest absolute Gasteiger partial charge is 0.489 e. The highest BCUT2D eigenvalue weighted by atomic mass is 32.2. The molecule has 0 bridgehead atoms. The van der Waals surface area contributed by atoms with Crippen molar-refractivity contribution in [2.24, 2.45) is 5.92 Å². The van der Waals surface area contributed by atoms with Crippen LogP contribution in [0.15, 0.2) is 83.8 Å². The molecule has 0 saturated heterocycles. The van der Waals surface area contributed by atoms with Gasteiger partial charge in [-0.1, -0.05) is 56.3 Å². The topological polar surface area (TPSA) is 114 Å². The molecule has 3 rings (SSSR count). The molecule has 184 valence electrons. The lowest BCUT2D eigenvalue weighted by molar-refractivity contribution is -0.124. The van der Waals surface area contributed by atoms with Crippen molar-refractivity contribution in [1.82, 2.24) is 15.6 Å². The number of hydrazine groups is 1. The zero-order chi connectivity index (χ0) is 25.4. The Morgan fingerprint density at radius 1 is 0.886 bits per heavy atom. The lowest BCUT2D eigenvalue weighted by atomic mass is 10.1. The van der Waals surface area contributed by atoms with Gasteiger partial charge in [0.15, 0.2) is 0 Å². The average molecular weight is 500 g/mol. The fraction of sp³-hybridized carbons (Fsp3) is 0.200. The molecule has 0 radical (unpaired) electrons. The van der Waals surface area contributed by atoms with Gasteiger partial charge < -0.3 is 4.74 Å². The Morgan fingerprint density at radius 2 is 1.51 bits per heavy atom. The zero-order valence-electron chi connectivity index (χ0n) is 19.2. The van der Waals surface area contributed by atoms with E-state index < -0.39 is 44.5 Å². The number of amides is 2. The number of para-hydroxylation sites is 1. The molecule has 0 heterocycles. The van der Waals surface area contributed by atoms with E-state index in [2.05, 4.69) is 15.6 Å². The van der Waals surface area contributed by atoms with Crippen molar-refractivity contribution in [3.05, 3.63) is 95.8 Å². The van der Waals surface area contributed by atoms with E-state index in [1.807, 2.05) is 30.3 Å². The van der Waals surface area contributed by atoms with Gasteiger partial charge in [0.25, 0.3) is 11.8 Å². The third-order valence-electron chi connectivity index (χ3n) is 5.02. The summed E-state index contributed by atoms with van der Waals surface area (Å²) in [5, 5.41) is 0. The second-order valence-electron chi connectivity index (χ2n) is 8.02. The smallest absolute Gasteiger partial charge is 0.269 e. The number of rotatable bonds is 9. The first-order chi connectivity index (χ1) is 16.7.